The molecule has 2 N–H and O–H groups in total. The highest BCUT2D eigenvalue weighted by atomic mass is 16.4. The Labute approximate surface area is 143 Å². The molecule has 2 aromatic rings. The largest absolute Gasteiger partial charge is 0.480 e. The maximum atomic E-state index is 11.8. The summed E-state index contributed by atoms with van der Waals surface area (Å²) in [5.41, 5.74) is 5.72. The van der Waals surface area contributed by atoms with E-state index in [1.807, 2.05) is 20.9 Å². The SMILES string of the molecule is CCNC(C(=O)O)c1c(C)n(C)c2cc3c(cc12)CN(C(C)C)C3. The summed E-state index contributed by atoms with van der Waals surface area (Å²) < 4.78 is 2.12. The van der Waals surface area contributed by atoms with Gasteiger partial charge in [0.25, 0.3) is 0 Å². The molecular weight excluding hydrogens is 302 g/mol. The topological polar surface area (TPSA) is 57.5 Å². The Morgan fingerprint density at radius 1 is 1.29 bits per heavy atom. The molecule has 0 aliphatic carbocycles. The summed E-state index contributed by atoms with van der Waals surface area (Å²) in [7, 11) is 2.02. The summed E-state index contributed by atoms with van der Waals surface area (Å²) in [6, 6.07) is 4.30. The normalized spacial score (nSPS) is 16.1. The molecule has 3 rings (SSSR count). The zero-order valence-electron chi connectivity index (χ0n) is 15.2. The van der Waals surface area contributed by atoms with Gasteiger partial charge in [-0.15, -0.1) is 0 Å². The number of fused-ring (bicyclic) bond motifs is 2. The Morgan fingerprint density at radius 2 is 1.92 bits per heavy atom. The lowest BCUT2D eigenvalue weighted by atomic mass is 10.00. The minimum absolute atomic E-state index is 0.509. The van der Waals surface area contributed by atoms with Crippen LogP contribution < -0.4 is 5.32 Å². The van der Waals surface area contributed by atoms with Crippen LogP contribution >= 0.6 is 0 Å². The summed E-state index contributed by atoms with van der Waals surface area (Å²) in [5.74, 6) is -0.822. The quantitative estimate of drug-likeness (QED) is 0.885. The standard InChI is InChI=1S/C19H27N3O2/c1-6-20-18(19(23)24)17-12(4)21(5)16-8-14-10-22(11(2)3)9-13(14)7-15(16)17/h7-8,11,18,20H,6,9-10H2,1-5H3,(H,23,24). The third kappa shape index (κ3) is 2.62. The smallest absolute Gasteiger partial charge is 0.325 e. The molecule has 0 saturated carbocycles. The van der Waals surface area contributed by atoms with Gasteiger partial charge in [0.05, 0.1) is 0 Å². The predicted molar refractivity (Wildman–Crippen MR) is 96.1 cm³/mol. The van der Waals surface area contributed by atoms with E-state index in [2.05, 4.69) is 40.8 Å². The Bertz CT molecular complexity index is 792. The number of carboxylic acids is 1. The molecule has 1 aliphatic heterocycles. The van der Waals surface area contributed by atoms with E-state index in [1.165, 1.54) is 11.1 Å². The minimum atomic E-state index is -0.822. The van der Waals surface area contributed by atoms with Crippen LogP contribution in [0.2, 0.25) is 0 Å². The second-order valence-electron chi connectivity index (χ2n) is 7.02. The number of nitrogens with one attached hydrogen (secondary N) is 1. The number of carboxylic acid groups (broad SMARTS) is 1. The lowest BCUT2D eigenvalue weighted by molar-refractivity contribution is -0.139. The van der Waals surface area contributed by atoms with Crippen molar-refractivity contribution in [2.45, 2.75) is 52.9 Å². The van der Waals surface area contributed by atoms with E-state index < -0.39 is 12.0 Å². The van der Waals surface area contributed by atoms with Crippen LogP contribution in [0.25, 0.3) is 10.9 Å². The van der Waals surface area contributed by atoms with Gasteiger partial charge in [-0.2, -0.15) is 0 Å². The highest BCUT2D eigenvalue weighted by Gasteiger charge is 2.28. The van der Waals surface area contributed by atoms with Crippen molar-refractivity contribution < 1.29 is 9.90 Å². The summed E-state index contributed by atoms with van der Waals surface area (Å²) >= 11 is 0. The first-order valence-corrected chi connectivity index (χ1v) is 8.66. The van der Waals surface area contributed by atoms with Crippen LogP contribution in [0.4, 0.5) is 0 Å². The van der Waals surface area contributed by atoms with Crippen LogP contribution in [-0.2, 0) is 24.9 Å². The van der Waals surface area contributed by atoms with Crippen molar-refractivity contribution in [1.29, 1.82) is 0 Å². The fourth-order valence-corrected chi connectivity index (χ4v) is 3.76. The van der Waals surface area contributed by atoms with E-state index in [4.69, 9.17) is 0 Å². The van der Waals surface area contributed by atoms with Gasteiger partial charge in [-0.25, -0.2) is 0 Å². The van der Waals surface area contributed by atoms with Crippen LogP contribution in [0.15, 0.2) is 12.1 Å². The van der Waals surface area contributed by atoms with Crippen LogP contribution in [-0.4, -0.2) is 33.1 Å². The molecule has 1 aromatic carbocycles. The van der Waals surface area contributed by atoms with Crippen LogP contribution in [0, 0.1) is 6.92 Å². The number of aryl methyl sites for hydroxylation is 1. The fraction of sp³-hybridized carbons (Fsp3) is 0.526. The average molecular weight is 329 g/mol. The maximum Gasteiger partial charge on any atom is 0.325 e. The molecule has 0 amide bonds. The molecule has 1 aromatic heterocycles. The first-order valence-electron chi connectivity index (χ1n) is 8.66. The molecular formula is C19H27N3O2. The molecule has 5 heteroatoms. The molecule has 130 valence electrons. The van der Waals surface area contributed by atoms with Crippen molar-refractivity contribution in [2.24, 2.45) is 7.05 Å². The van der Waals surface area contributed by atoms with E-state index in [-0.39, 0.29) is 0 Å². The lowest BCUT2D eigenvalue weighted by Gasteiger charge is -2.18. The van der Waals surface area contributed by atoms with Gasteiger partial charge in [0.1, 0.15) is 6.04 Å². The van der Waals surface area contributed by atoms with Crippen molar-refractivity contribution in [3.63, 3.8) is 0 Å². The lowest BCUT2D eigenvalue weighted by Crippen LogP contribution is -2.28. The summed E-state index contributed by atoms with van der Waals surface area (Å²) in [6.45, 7) is 10.9. The number of aliphatic carboxylic acids is 1. The number of benzene rings is 1. The van der Waals surface area contributed by atoms with Gasteiger partial charge < -0.3 is 15.0 Å². The molecule has 24 heavy (non-hydrogen) atoms. The molecule has 0 saturated heterocycles. The number of hydrogen-bond donors (Lipinski definition) is 2. The summed E-state index contributed by atoms with van der Waals surface area (Å²) in [5, 5.41) is 13.9. The van der Waals surface area contributed by atoms with Crippen LogP contribution in [0.3, 0.4) is 0 Å². The van der Waals surface area contributed by atoms with Crippen molar-refractivity contribution in [2.75, 3.05) is 6.54 Å². The van der Waals surface area contributed by atoms with E-state index in [0.717, 1.165) is 35.2 Å². The Kier molecular flexibility index (Phi) is 4.40. The van der Waals surface area contributed by atoms with Gasteiger partial charge in [0.2, 0.25) is 0 Å². The Hall–Kier alpha value is -1.85. The van der Waals surface area contributed by atoms with Crippen molar-refractivity contribution in [1.82, 2.24) is 14.8 Å². The predicted octanol–water partition coefficient (Wildman–Crippen LogP) is 2.95. The van der Waals surface area contributed by atoms with E-state index in [0.29, 0.717) is 12.6 Å². The first-order chi connectivity index (χ1) is 11.3. The number of rotatable bonds is 5. The van der Waals surface area contributed by atoms with Gasteiger partial charge in [-0.05, 0) is 50.6 Å². The Morgan fingerprint density at radius 3 is 2.46 bits per heavy atom. The molecule has 0 fully saturated rings. The van der Waals surface area contributed by atoms with Gasteiger partial charge in [0, 0.05) is 48.3 Å². The van der Waals surface area contributed by atoms with Gasteiger partial charge in [0.15, 0.2) is 0 Å². The van der Waals surface area contributed by atoms with Gasteiger partial charge in [-0.1, -0.05) is 6.92 Å². The second kappa shape index (κ2) is 6.22. The van der Waals surface area contributed by atoms with E-state index in [1.54, 1.807) is 0 Å². The molecule has 1 aliphatic rings. The fourth-order valence-electron chi connectivity index (χ4n) is 3.76. The van der Waals surface area contributed by atoms with Crippen molar-refractivity contribution >= 4 is 16.9 Å². The van der Waals surface area contributed by atoms with E-state index in [9.17, 15) is 9.90 Å². The first kappa shape index (κ1) is 17.0. The molecule has 1 atom stereocenters. The zero-order valence-corrected chi connectivity index (χ0v) is 15.2. The molecule has 0 bridgehead atoms. The third-order valence-electron chi connectivity index (χ3n) is 5.28. The molecule has 0 spiro atoms. The monoisotopic (exact) mass is 329 g/mol. The highest BCUT2D eigenvalue weighted by molar-refractivity contribution is 5.92. The number of nitrogens with zero attached hydrogens (tertiary/aromatic N) is 2. The molecule has 1 unspecified atom stereocenters. The second-order valence-corrected chi connectivity index (χ2v) is 7.02. The van der Waals surface area contributed by atoms with E-state index >= 15 is 0 Å². The molecule has 2 heterocycles. The van der Waals surface area contributed by atoms with Gasteiger partial charge in [-0.3, -0.25) is 9.69 Å². The van der Waals surface area contributed by atoms with Crippen molar-refractivity contribution in [3.8, 4) is 0 Å². The summed E-state index contributed by atoms with van der Waals surface area (Å²) in [6.07, 6.45) is 0. The third-order valence-corrected chi connectivity index (χ3v) is 5.28. The molecule has 0 radical (unpaired) electrons. The number of likely N-dealkylation sites (N-methyl/N-ethyl adjacent to an activating group) is 1. The summed E-state index contributed by atoms with van der Waals surface area (Å²) in [4.78, 5) is 14.2. The number of aromatic nitrogens is 1. The highest BCUT2D eigenvalue weighted by Crippen LogP contribution is 2.35. The average Bonchev–Trinajstić information content (AvgIpc) is 3.04. The van der Waals surface area contributed by atoms with Crippen LogP contribution in [0.5, 0.6) is 0 Å². The number of hydrogen-bond acceptors (Lipinski definition) is 3. The Balaban J connectivity index is 2.17. The minimum Gasteiger partial charge on any atom is -0.480 e. The number of carbonyl (C=O) groups is 1. The molecule has 5 nitrogen and oxygen atoms in total. The zero-order chi connectivity index (χ0) is 17.6. The van der Waals surface area contributed by atoms with Crippen molar-refractivity contribution in [3.05, 3.63) is 34.5 Å². The van der Waals surface area contributed by atoms with Crippen LogP contribution in [0.1, 0.15) is 49.2 Å². The van der Waals surface area contributed by atoms with Gasteiger partial charge >= 0.3 is 5.97 Å². The maximum absolute atomic E-state index is 11.8.